The van der Waals surface area contributed by atoms with E-state index < -0.39 is 10.8 Å². The first-order chi connectivity index (χ1) is 3.70. The second kappa shape index (κ2) is 2.15. The molecule has 1 rings (SSSR count). The molecule has 2 nitrogen and oxygen atoms in total. The third kappa shape index (κ3) is 1.09. The third-order valence-corrected chi connectivity index (χ3v) is 2.84. The molecule has 48 valence electrons. The summed E-state index contributed by atoms with van der Waals surface area (Å²) in [5.41, 5.74) is -0.0370. The molecule has 1 aliphatic heterocycles. The van der Waals surface area contributed by atoms with Crippen molar-refractivity contribution in [1.29, 1.82) is 0 Å². The molecule has 0 spiro atoms. The van der Waals surface area contributed by atoms with Gasteiger partial charge in [0, 0.05) is 0 Å². The van der Waals surface area contributed by atoms with E-state index >= 15 is 0 Å². The lowest BCUT2D eigenvalue weighted by molar-refractivity contribution is 0.0877. The maximum Gasteiger partial charge on any atom is 0.130 e. The van der Waals surface area contributed by atoms with Gasteiger partial charge in [0.25, 0.3) is 0 Å². The fourth-order valence-electron chi connectivity index (χ4n) is 0.795. The largest absolute Gasteiger partial charge is 0.361 e. The molecule has 1 saturated heterocycles. The van der Waals surface area contributed by atoms with Crippen LogP contribution in [0.1, 0.15) is 13.8 Å². The van der Waals surface area contributed by atoms with Gasteiger partial charge >= 0.3 is 0 Å². The Kier molecular flexibility index (Phi) is 1.68. The Hall–Kier alpha value is 0.110. The molecule has 0 radical (unpaired) electrons. The van der Waals surface area contributed by atoms with Crippen LogP contribution >= 0.6 is 0 Å². The van der Waals surface area contributed by atoms with Crippen LogP contribution in [-0.4, -0.2) is 21.5 Å². The van der Waals surface area contributed by atoms with Crippen LogP contribution in [0, 0.1) is 0 Å². The molecule has 0 aromatic heterocycles. The zero-order valence-corrected chi connectivity index (χ0v) is 5.90. The number of hydrogen-bond acceptors (Lipinski definition) is 2. The van der Waals surface area contributed by atoms with Crippen molar-refractivity contribution in [2.24, 2.45) is 0 Å². The number of rotatable bonds is 0. The Morgan fingerprint density at radius 2 is 2.25 bits per heavy atom. The van der Waals surface area contributed by atoms with Crippen molar-refractivity contribution >= 4 is 10.8 Å². The average Bonchev–Trinajstić information content (AvgIpc) is 1.85. The molecule has 0 aromatic rings. The normalized spacial score (nSPS) is 47.5. The highest BCUT2D eigenvalue weighted by molar-refractivity contribution is 7.85. The molecule has 0 aromatic carbocycles. The summed E-state index contributed by atoms with van der Waals surface area (Å²) in [6.07, 6.45) is 0.200. The van der Waals surface area contributed by atoms with Crippen LogP contribution in [0.2, 0.25) is 0 Å². The van der Waals surface area contributed by atoms with Crippen LogP contribution in [0.4, 0.5) is 0 Å². The van der Waals surface area contributed by atoms with Crippen molar-refractivity contribution in [2.45, 2.75) is 25.4 Å². The van der Waals surface area contributed by atoms with Crippen LogP contribution in [-0.2, 0) is 15.5 Å². The summed E-state index contributed by atoms with van der Waals surface area (Å²) in [5.74, 6) is 0.709. The smallest absolute Gasteiger partial charge is 0.130 e. The number of hydrogen-bond donors (Lipinski definition) is 0. The maximum atomic E-state index is 10.8. The SMILES string of the molecule is CC1CS(=O)C(C)O1. The van der Waals surface area contributed by atoms with Crippen LogP contribution in [0.5, 0.6) is 0 Å². The molecule has 0 N–H and O–H groups in total. The van der Waals surface area contributed by atoms with Crippen molar-refractivity contribution < 1.29 is 8.95 Å². The predicted octanol–water partition coefficient (Wildman–Crippen LogP) is 0.500. The summed E-state index contributed by atoms with van der Waals surface area (Å²) in [7, 11) is -0.720. The Balaban J connectivity index is 2.51. The summed E-state index contributed by atoms with van der Waals surface area (Å²) < 4.78 is 15.9. The lowest BCUT2D eigenvalue weighted by atomic mass is 10.5. The minimum Gasteiger partial charge on any atom is -0.361 e. The van der Waals surface area contributed by atoms with Gasteiger partial charge in [0.2, 0.25) is 0 Å². The second-order valence-electron chi connectivity index (χ2n) is 2.06. The minimum absolute atomic E-state index is 0.0370. The van der Waals surface area contributed by atoms with Crippen molar-refractivity contribution in [3.05, 3.63) is 0 Å². The molecule has 0 aliphatic carbocycles. The lowest BCUT2D eigenvalue weighted by Crippen LogP contribution is -2.04. The van der Waals surface area contributed by atoms with Gasteiger partial charge in [0.05, 0.1) is 22.7 Å². The minimum atomic E-state index is -0.720. The lowest BCUT2D eigenvalue weighted by Gasteiger charge is -1.99. The average molecular weight is 134 g/mol. The molecule has 3 heteroatoms. The molecule has 0 saturated carbocycles. The molecular formula is C5H10O2S. The van der Waals surface area contributed by atoms with Gasteiger partial charge in [-0.3, -0.25) is 4.21 Å². The van der Waals surface area contributed by atoms with Gasteiger partial charge in [0.15, 0.2) is 0 Å². The molecule has 3 atom stereocenters. The first-order valence-corrected chi connectivity index (χ1v) is 4.11. The quantitative estimate of drug-likeness (QED) is 0.482. The third-order valence-electron chi connectivity index (χ3n) is 1.19. The fourth-order valence-corrected chi connectivity index (χ4v) is 1.92. The molecule has 1 fully saturated rings. The first kappa shape index (κ1) is 6.23. The maximum absolute atomic E-state index is 10.8. The summed E-state index contributed by atoms with van der Waals surface area (Å²) in [6.45, 7) is 3.79. The molecule has 1 aliphatic rings. The fraction of sp³-hybridized carbons (Fsp3) is 1.00. The van der Waals surface area contributed by atoms with Crippen molar-refractivity contribution in [3.8, 4) is 0 Å². The van der Waals surface area contributed by atoms with Gasteiger partial charge < -0.3 is 4.74 Å². The van der Waals surface area contributed by atoms with E-state index in [1.54, 1.807) is 0 Å². The molecular weight excluding hydrogens is 124 g/mol. The van der Waals surface area contributed by atoms with Crippen molar-refractivity contribution in [1.82, 2.24) is 0 Å². The van der Waals surface area contributed by atoms with E-state index in [0.717, 1.165) is 0 Å². The molecule has 0 amide bonds. The summed E-state index contributed by atoms with van der Waals surface area (Å²) in [4.78, 5) is 0. The number of ether oxygens (including phenoxy) is 1. The molecule has 8 heavy (non-hydrogen) atoms. The van der Waals surface area contributed by atoms with Crippen molar-refractivity contribution in [3.63, 3.8) is 0 Å². The van der Waals surface area contributed by atoms with E-state index in [9.17, 15) is 4.21 Å². The van der Waals surface area contributed by atoms with E-state index in [-0.39, 0.29) is 11.5 Å². The van der Waals surface area contributed by atoms with Gasteiger partial charge in [-0.1, -0.05) is 0 Å². The van der Waals surface area contributed by atoms with Crippen LogP contribution in [0.15, 0.2) is 0 Å². The van der Waals surface area contributed by atoms with Crippen molar-refractivity contribution in [2.75, 3.05) is 5.75 Å². The van der Waals surface area contributed by atoms with E-state index in [1.165, 1.54) is 0 Å². The van der Waals surface area contributed by atoms with Gasteiger partial charge in [0.1, 0.15) is 5.44 Å². The monoisotopic (exact) mass is 134 g/mol. The predicted molar refractivity (Wildman–Crippen MR) is 33.0 cm³/mol. The second-order valence-corrected chi connectivity index (χ2v) is 3.82. The van der Waals surface area contributed by atoms with Gasteiger partial charge in [-0.25, -0.2) is 0 Å². The Labute approximate surface area is 51.7 Å². The molecule has 0 bridgehead atoms. The van der Waals surface area contributed by atoms with E-state index in [1.807, 2.05) is 13.8 Å². The highest BCUT2D eigenvalue weighted by Crippen LogP contribution is 2.12. The zero-order chi connectivity index (χ0) is 6.15. The first-order valence-electron chi connectivity index (χ1n) is 2.73. The summed E-state index contributed by atoms with van der Waals surface area (Å²) >= 11 is 0. The Morgan fingerprint density at radius 1 is 1.62 bits per heavy atom. The highest BCUT2D eigenvalue weighted by Gasteiger charge is 2.24. The topological polar surface area (TPSA) is 26.3 Å². The Morgan fingerprint density at radius 3 is 2.38 bits per heavy atom. The van der Waals surface area contributed by atoms with E-state index in [0.29, 0.717) is 5.75 Å². The van der Waals surface area contributed by atoms with E-state index in [4.69, 9.17) is 4.74 Å². The van der Waals surface area contributed by atoms with Crippen LogP contribution < -0.4 is 0 Å². The standard InChI is InChI=1S/C5H10O2S/c1-4-3-8(6)5(2)7-4/h4-5H,3H2,1-2H3. The van der Waals surface area contributed by atoms with E-state index in [2.05, 4.69) is 0 Å². The van der Waals surface area contributed by atoms with Gasteiger partial charge in [-0.05, 0) is 13.8 Å². The zero-order valence-electron chi connectivity index (χ0n) is 5.09. The highest BCUT2D eigenvalue weighted by atomic mass is 32.2. The van der Waals surface area contributed by atoms with Gasteiger partial charge in [-0.15, -0.1) is 0 Å². The molecule has 3 unspecified atom stereocenters. The molecule has 1 heterocycles. The summed E-state index contributed by atoms with van der Waals surface area (Å²) in [5, 5.41) is 0. The van der Waals surface area contributed by atoms with Crippen LogP contribution in [0.25, 0.3) is 0 Å². The Bertz CT molecular complexity index is 113. The van der Waals surface area contributed by atoms with Gasteiger partial charge in [-0.2, -0.15) is 0 Å². The van der Waals surface area contributed by atoms with Crippen LogP contribution in [0.3, 0.4) is 0 Å². The summed E-state index contributed by atoms with van der Waals surface area (Å²) in [6, 6.07) is 0.